The van der Waals surface area contributed by atoms with Gasteiger partial charge in [-0.25, -0.2) is 0 Å². The summed E-state index contributed by atoms with van der Waals surface area (Å²) in [5, 5.41) is 9.74. The Balaban J connectivity index is 2.44. The van der Waals surface area contributed by atoms with Gasteiger partial charge in [0.05, 0.1) is 19.3 Å². The monoisotopic (exact) mass is 222 g/mol. The van der Waals surface area contributed by atoms with Crippen LogP contribution in [0.4, 0.5) is 0 Å². The van der Waals surface area contributed by atoms with Crippen molar-refractivity contribution in [1.29, 1.82) is 0 Å². The Hall–Kier alpha value is -0.600. The molecule has 90 valence electrons. The third-order valence-corrected chi connectivity index (χ3v) is 4.82. The van der Waals surface area contributed by atoms with Gasteiger partial charge >= 0.3 is 0 Å². The predicted octanol–water partition coefficient (Wildman–Crippen LogP) is 2.40. The Morgan fingerprint density at radius 2 is 2.31 bits per heavy atom. The number of hydrogen-bond donors (Lipinski definition) is 1. The summed E-state index contributed by atoms with van der Waals surface area (Å²) < 4.78 is 5.88. The van der Waals surface area contributed by atoms with Gasteiger partial charge in [-0.05, 0) is 18.8 Å². The second kappa shape index (κ2) is 4.01. The Bertz CT molecular complexity index is 321. The van der Waals surface area contributed by atoms with Crippen LogP contribution in [-0.4, -0.2) is 24.4 Å². The molecule has 1 N–H and O–H groups in total. The van der Waals surface area contributed by atoms with Gasteiger partial charge in [0.1, 0.15) is 0 Å². The summed E-state index contributed by atoms with van der Waals surface area (Å²) in [6.45, 7) is 11.3. The molecule has 1 fully saturated rings. The highest BCUT2D eigenvalue weighted by atomic mass is 16.5. The topological polar surface area (TPSA) is 29.5 Å². The van der Waals surface area contributed by atoms with Crippen LogP contribution >= 0.6 is 0 Å². The summed E-state index contributed by atoms with van der Waals surface area (Å²) in [6.07, 6.45) is 4.31. The molecule has 0 aromatic rings. The molecule has 2 rings (SSSR count). The second-order valence-electron chi connectivity index (χ2n) is 5.42. The smallest absolute Gasteiger partial charge is 0.0821 e. The standard InChI is InChI=1S/C14H22O2/c1-5-12-13-9(2)6-10(3)14(7-15,8-16-12)11(13)4/h5-6,10-13,15H,1,7-8H2,2-4H3/t10-,11-,12-,13-,14-/m0/s1. The molecule has 0 aromatic heterocycles. The number of hydrogen-bond acceptors (Lipinski definition) is 2. The lowest BCUT2D eigenvalue weighted by Gasteiger charge is -2.54. The van der Waals surface area contributed by atoms with E-state index in [1.807, 2.05) is 6.08 Å². The molecule has 0 amide bonds. The summed E-state index contributed by atoms with van der Waals surface area (Å²) >= 11 is 0. The molecule has 2 nitrogen and oxygen atoms in total. The third-order valence-electron chi connectivity index (χ3n) is 4.82. The van der Waals surface area contributed by atoms with Gasteiger partial charge in [0.2, 0.25) is 0 Å². The fourth-order valence-electron chi connectivity index (χ4n) is 3.55. The zero-order valence-corrected chi connectivity index (χ0v) is 10.4. The van der Waals surface area contributed by atoms with Gasteiger partial charge < -0.3 is 9.84 Å². The van der Waals surface area contributed by atoms with Gasteiger partial charge in [-0.1, -0.05) is 31.6 Å². The highest BCUT2D eigenvalue weighted by molar-refractivity contribution is 5.22. The van der Waals surface area contributed by atoms with E-state index >= 15 is 0 Å². The molecule has 1 saturated heterocycles. The van der Waals surface area contributed by atoms with Crippen molar-refractivity contribution in [3.8, 4) is 0 Å². The molecular formula is C14H22O2. The normalized spacial score (nSPS) is 47.4. The van der Waals surface area contributed by atoms with Crippen LogP contribution in [0.15, 0.2) is 24.3 Å². The van der Waals surface area contributed by atoms with Crippen molar-refractivity contribution in [1.82, 2.24) is 0 Å². The van der Waals surface area contributed by atoms with E-state index in [4.69, 9.17) is 4.74 Å². The Morgan fingerprint density at radius 1 is 1.62 bits per heavy atom. The van der Waals surface area contributed by atoms with Gasteiger partial charge in [-0.3, -0.25) is 0 Å². The Labute approximate surface area is 98.0 Å². The first-order valence-corrected chi connectivity index (χ1v) is 6.10. The van der Waals surface area contributed by atoms with Gasteiger partial charge in [0, 0.05) is 11.3 Å². The molecule has 0 unspecified atom stereocenters. The van der Waals surface area contributed by atoms with Crippen LogP contribution in [0.5, 0.6) is 0 Å². The highest BCUT2D eigenvalue weighted by Crippen LogP contribution is 2.52. The average Bonchev–Trinajstić information content (AvgIpc) is 2.26. The lowest BCUT2D eigenvalue weighted by atomic mass is 9.56. The molecule has 1 aliphatic carbocycles. The highest BCUT2D eigenvalue weighted by Gasteiger charge is 2.52. The van der Waals surface area contributed by atoms with Crippen LogP contribution in [0, 0.1) is 23.2 Å². The first kappa shape index (κ1) is 11.9. The van der Waals surface area contributed by atoms with Gasteiger partial charge in [0.25, 0.3) is 0 Å². The van der Waals surface area contributed by atoms with E-state index in [9.17, 15) is 5.11 Å². The first-order valence-electron chi connectivity index (χ1n) is 6.10. The van der Waals surface area contributed by atoms with Crippen molar-refractivity contribution in [3.05, 3.63) is 24.3 Å². The lowest BCUT2D eigenvalue weighted by Crippen LogP contribution is -2.55. The number of ether oxygens (including phenoxy) is 1. The molecular weight excluding hydrogens is 200 g/mol. The fourth-order valence-corrected chi connectivity index (χ4v) is 3.55. The predicted molar refractivity (Wildman–Crippen MR) is 65.0 cm³/mol. The van der Waals surface area contributed by atoms with E-state index in [1.165, 1.54) is 5.57 Å². The molecule has 2 aliphatic rings. The van der Waals surface area contributed by atoms with Crippen LogP contribution in [0.25, 0.3) is 0 Å². The van der Waals surface area contributed by atoms with Crippen LogP contribution in [0.3, 0.4) is 0 Å². The zero-order valence-electron chi connectivity index (χ0n) is 10.4. The number of rotatable bonds is 2. The molecule has 16 heavy (non-hydrogen) atoms. The summed E-state index contributed by atoms with van der Waals surface area (Å²) in [7, 11) is 0. The first-order chi connectivity index (χ1) is 7.56. The zero-order chi connectivity index (χ0) is 11.9. The van der Waals surface area contributed by atoms with Crippen LogP contribution in [-0.2, 0) is 4.74 Å². The summed E-state index contributed by atoms with van der Waals surface area (Å²) in [6, 6.07) is 0. The number of aliphatic hydroxyl groups excluding tert-OH is 1. The van der Waals surface area contributed by atoms with Gasteiger partial charge in [-0.2, -0.15) is 0 Å². The van der Waals surface area contributed by atoms with E-state index in [0.717, 1.165) is 0 Å². The minimum atomic E-state index is -0.0936. The lowest BCUT2D eigenvalue weighted by molar-refractivity contribution is -0.148. The molecule has 0 aromatic carbocycles. The van der Waals surface area contributed by atoms with Crippen molar-refractivity contribution in [2.75, 3.05) is 13.2 Å². The van der Waals surface area contributed by atoms with Crippen molar-refractivity contribution >= 4 is 0 Å². The van der Waals surface area contributed by atoms with E-state index in [0.29, 0.717) is 24.4 Å². The van der Waals surface area contributed by atoms with Crippen LogP contribution < -0.4 is 0 Å². The SMILES string of the molecule is C=C[C@@H]1OC[C@@]2(CO)[C@@H](C)C=C(C)[C@H]1[C@@H]2C. The molecule has 0 radical (unpaired) electrons. The number of aliphatic hydroxyl groups is 1. The van der Waals surface area contributed by atoms with Crippen LogP contribution in [0.1, 0.15) is 20.8 Å². The van der Waals surface area contributed by atoms with Crippen molar-refractivity contribution in [3.63, 3.8) is 0 Å². The molecule has 1 aliphatic heterocycles. The minimum absolute atomic E-state index is 0.0936. The summed E-state index contributed by atoms with van der Waals surface area (Å²) in [4.78, 5) is 0. The average molecular weight is 222 g/mol. The largest absolute Gasteiger partial charge is 0.396 e. The molecule has 2 bridgehead atoms. The van der Waals surface area contributed by atoms with E-state index < -0.39 is 0 Å². The minimum Gasteiger partial charge on any atom is -0.396 e. The van der Waals surface area contributed by atoms with Crippen molar-refractivity contribution in [2.24, 2.45) is 23.2 Å². The molecule has 5 atom stereocenters. The van der Waals surface area contributed by atoms with E-state index in [-0.39, 0.29) is 18.1 Å². The molecule has 0 spiro atoms. The van der Waals surface area contributed by atoms with Crippen LogP contribution in [0.2, 0.25) is 0 Å². The maximum Gasteiger partial charge on any atom is 0.0821 e. The van der Waals surface area contributed by atoms with E-state index in [1.54, 1.807) is 0 Å². The van der Waals surface area contributed by atoms with Crippen molar-refractivity contribution < 1.29 is 9.84 Å². The molecule has 0 saturated carbocycles. The summed E-state index contributed by atoms with van der Waals surface area (Å²) in [5.74, 6) is 1.22. The maximum absolute atomic E-state index is 9.74. The van der Waals surface area contributed by atoms with E-state index in [2.05, 4.69) is 33.4 Å². The van der Waals surface area contributed by atoms with Gasteiger partial charge in [-0.15, -0.1) is 6.58 Å². The molecule has 2 heteroatoms. The Morgan fingerprint density at radius 3 is 2.88 bits per heavy atom. The fraction of sp³-hybridized carbons (Fsp3) is 0.714. The van der Waals surface area contributed by atoms with Crippen molar-refractivity contribution in [2.45, 2.75) is 26.9 Å². The maximum atomic E-state index is 9.74. The van der Waals surface area contributed by atoms with Gasteiger partial charge in [0.15, 0.2) is 0 Å². The second-order valence-corrected chi connectivity index (χ2v) is 5.42. The quantitative estimate of drug-likeness (QED) is 0.727. The number of allylic oxidation sites excluding steroid dienone is 1. The Kier molecular flexibility index (Phi) is 2.97. The molecule has 1 heterocycles. The summed E-state index contributed by atoms with van der Waals surface area (Å²) in [5.41, 5.74) is 1.29. The number of fused-ring (bicyclic) bond motifs is 2. The third kappa shape index (κ3) is 1.40.